The summed E-state index contributed by atoms with van der Waals surface area (Å²) in [7, 11) is 3.32. The van der Waals surface area contributed by atoms with Crippen molar-refractivity contribution < 1.29 is 18.9 Å². The van der Waals surface area contributed by atoms with Crippen LogP contribution in [0.25, 0.3) is 5.57 Å². The van der Waals surface area contributed by atoms with Crippen LogP contribution in [0.1, 0.15) is 31.7 Å². The Bertz CT molecular complexity index is 530. The molecule has 1 unspecified atom stereocenters. The van der Waals surface area contributed by atoms with E-state index in [1.165, 1.54) is 0 Å². The zero-order valence-corrected chi connectivity index (χ0v) is 15.6. The van der Waals surface area contributed by atoms with Gasteiger partial charge in [-0.1, -0.05) is 34.1 Å². The van der Waals surface area contributed by atoms with E-state index in [-0.39, 0.29) is 12.4 Å². The van der Waals surface area contributed by atoms with Gasteiger partial charge in [0, 0.05) is 12.2 Å². The molecule has 1 aliphatic carbocycles. The highest BCUT2D eigenvalue weighted by molar-refractivity contribution is 9.09. The zero-order chi connectivity index (χ0) is 16.7. The molecule has 0 saturated carbocycles. The van der Waals surface area contributed by atoms with Crippen LogP contribution < -0.4 is 9.47 Å². The van der Waals surface area contributed by atoms with Crippen LogP contribution in [-0.4, -0.2) is 38.6 Å². The Morgan fingerprint density at radius 3 is 2.74 bits per heavy atom. The zero-order valence-electron chi connectivity index (χ0n) is 14.0. The molecule has 0 aliphatic heterocycles. The molecule has 0 bridgehead atoms. The number of rotatable bonds is 8. The van der Waals surface area contributed by atoms with E-state index < -0.39 is 0 Å². The lowest BCUT2D eigenvalue weighted by Gasteiger charge is -2.29. The number of methoxy groups -OCH3 is 2. The molecule has 5 heteroatoms. The van der Waals surface area contributed by atoms with Crippen molar-refractivity contribution in [1.82, 2.24) is 0 Å². The van der Waals surface area contributed by atoms with Gasteiger partial charge in [0.25, 0.3) is 0 Å². The molecule has 1 aromatic carbocycles. The average Bonchev–Trinajstić information content (AvgIpc) is 2.60. The van der Waals surface area contributed by atoms with Crippen molar-refractivity contribution in [2.45, 2.75) is 38.6 Å². The molecule has 0 N–H and O–H groups in total. The van der Waals surface area contributed by atoms with Crippen molar-refractivity contribution in [1.29, 1.82) is 0 Å². The van der Waals surface area contributed by atoms with E-state index in [1.807, 2.05) is 19.1 Å². The quantitative estimate of drug-likeness (QED) is 0.491. The van der Waals surface area contributed by atoms with Gasteiger partial charge < -0.3 is 18.9 Å². The fraction of sp³-hybridized carbons (Fsp3) is 0.556. The van der Waals surface area contributed by atoms with Crippen molar-refractivity contribution in [2.75, 3.05) is 26.2 Å². The van der Waals surface area contributed by atoms with Crippen LogP contribution >= 0.6 is 15.9 Å². The summed E-state index contributed by atoms with van der Waals surface area (Å²) in [4.78, 5) is 0. The van der Waals surface area contributed by atoms with Gasteiger partial charge in [-0.05, 0) is 37.8 Å². The van der Waals surface area contributed by atoms with Crippen LogP contribution in [0, 0.1) is 0 Å². The van der Waals surface area contributed by atoms with Gasteiger partial charge in [0.05, 0.1) is 25.7 Å². The summed E-state index contributed by atoms with van der Waals surface area (Å²) >= 11 is 3.46. The Balaban J connectivity index is 2.30. The predicted molar refractivity (Wildman–Crippen MR) is 95.5 cm³/mol. The molecule has 0 heterocycles. The monoisotopic (exact) mass is 384 g/mol. The standard InChI is InChI=1S/C18H25BrO4/c1-4-22-17(12-19)23-15-10-6-5-8-13(15)14-9-7-11-16(20-2)18(14)21-3/h7-9,11,15,17H,4-6,10,12H2,1-3H3/t15-,17?/m0/s1. The number of para-hydroxylation sites is 1. The summed E-state index contributed by atoms with van der Waals surface area (Å²) in [5, 5.41) is 0.653. The summed E-state index contributed by atoms with van der Waals surface area (Å²) < 4.78 is 22.8. The van der Waals surface area contributed by atoms with E-state index in [4.69, 9.17) is 18.9 Å². The lowest BCUT2D eigenvalue weighted by molar-refractivity contribution is -0.141. The van der Waals surface area contributed by atoms with Crippen LogP contribution in [0.4, 0.5) is 0 Å². The lowest BCUT2D eigenvalue weighted by atomic mass is 9.90. The molecule has 2 rings (SSSR count). The molecule has 0 saturated heterocycles. The van der Waals surface area contributed by atoms with Crippen LogP contribution in [0.2, 0.25) is 0 Å². The lowest BCUT2D eigenvalue weighted by Crippen LogP contribution is -2.28. The van der Waals surface area contributed by atoms with E-state index in [0.29, 0.717) is 11.9 Å². The Labute approximate surface area is 146 Å². The molecule has 128 valence electrons. The van der Waals surface area contributed by atoms with E-state index in [2.05, 4.69) is 28.1 Å². The molecular weight excluding hydrogens is 360 g/mol. The first kappa shape index (κ1) is 18.3. The fourth-order valence-electron chi connectivity index (χ4n) is 2.88. The van der Waals surface area contributed by atoms with Crippen LogP contribution in [-0.2, 0) is 9.47 Å². The maximum Gasteiger partial charge on any atom is 0.168 e. The first-order valence-corrected chi connectivity index (χ1v) is 9.11. The molecular formula is C18H25BrO4. The number of allylic oxidation sites excluding steroid dienone is 1. The third-order valence-electron chi connectivity index (χ3n) is 3.89. The number of alkyl halides is 1. The molecule has 2 atom stereocenters. The molecule has 0 radical (unpaired) electrons. The summed E-state index contributed by atoms with van der Waals surface area (Å²) in [6, 6.07) is 5.94. The molecule has 0 fully saturated rings. The summed E-state index contributed by atoms with van der Waals surface area (Å²) in [5.74, 6) is 1.49. The van der Waals surface area contributed by atoms with Crippen molar-refractivity contribution in [2.24, 2.45) is 0 Å². The highest BCUT2D eigenvalue weighted by Gasteiger charge is 2.26. The smallest absolute Gasteiger partial charge is 0.168 e. The normalized spacial score (nSPS) is 19.1. The molecule has 23 heavy (non-hydrogen) atoms. The Morgan fingerprint density at radius 1 is 1.26 bits per heavy atom. The number of hydrogen-bond donors (Lipinski definition) is 0. The van der Waals surface area contributed by atoms with Gasteiger partial charge in [0.15, 0.2) is 17.8 Å². The van der Waals surface area contributed by atoms with Gasteiger partial charge in [-0.15, -0.1) is 0 Å². The molecule has 0 amide bonds. The van der Waals surface area contributed by atoms with Crippen LogP contribution in [0.15, 0.2) is 24.3 Å². The number of halogens is 1. The average molecular weight is 385 g/mol. The Kier molecular flexibility index (Phi) is 7.40. The number of ether oxygens (including phenoxy) is 4. The van der Waals surface area contributed by atoms with Crippen molar-refractivity contribution in [3.05, 3.63) is 29.8 Å². The van der Waals surface area contributed by atoms with Gasteiger partial charge in [0.1, 0.15) is 0 Å². The van der Waals surface area contributed by atoms with E-state index in [0.717, 1.165) is 41.9 Å². The van der Waals surface area contributed by atoms with E-state index in [9.17, 15) is 0 Å². The van der Waals surface area contributed by atoms with E-state index >= 15 is 0 Å². The van der Waals surface area contributed by atoms with Gasteiger partial charge in [-0.25, -0.2) is 0 Å². The maximum absolute atomic E-state index is 6.19. The summed E-state index contributed by atoms with van der Waals surface area (Å²) in [5.41, 5.74) is 2.18. The number of benzene rings is 1. The van der Waals surface area contributed by atoms with Crippen LogP contribution in [0.5, 0.6) is 11.5 Å². The summed E-state index contributed by atoms with van der Waals surface area (Å²) in [6.07, 6.45) is 5.12. The highest BCUT2D eigenvalue weighted by Crippen LogP contribution is 2.40. The molecule has 1 aromatic rings. The Hall–Kier alpha value is -1.04. The second-order valence-corrected chi connectivity index (χ2v) is 5.94. The van der Waals surface area contributed by atoms with Gasteiger partial charge in [-0.2, -0.15) is 0 Å². The maximum atomic E-state index is 6.19. The predicted octanol–water partition coefficient (Wildman–Crippen LogP) is 4.41. The topological polar surface area (TPSA) is 36.9 Å². The first-order chi connectivity index (χ1) is 11.2. The minimum absolute atomic E-state index is 0.00106. The number of hydrogen-bond acceptors (Lipinski definition) is 4. The van der Waals surface area contributed by atoms with Crippen LogP contribution in [0.3, 0.4) is 0 Å². The third-order valence-corrected chi connectivity index (χ3v) is 4.42. The minimum Gasteiger partial charge on any atom is -0.493 e. The Morgan fingerprint density at radius 2 is 2.09 bits per heavy atom. The van der Waals surface area contributed by atoms with Crippen molar-refractivity contribution in [3.8, 4) is 11.5 Å². The minimum atomic E-state index is -0.247. The third kappa shape index (κ3) is 4.49. The molecule has 0 aromatic heterocycles. The van der Waals surface area contributed by atoms with Gasteiger partial charge >= 0.3 is 0 Å². The van der Waals surface area contributed by atoms with Gasteiger partial charge in [-0.3, -0.25) is 0 Å². The van der Waals surface area contributed by atoms with Crippen molar-refractivity contribution >= 4 is 21.5 Å². The second kappa shape index (κ2) is 9.30. The van der Waals surface area contributed by atoms with E-state index in [1.54, 1.807) is 14.2 Å². The van der Waals surface area contributed by atoms with Gasteiger partial charge in [0.2, 0.25) is 0 Å². The second-order valence-electron chi connectivity index (χ2n) is 5.30. The largest absolute Gasteiger partial charge is 0.493 e. The van der Waals surface area contributed by atoms with Crippen molar-refractivity contribution in [3.63, 3.8) is 0 Å². The highest BCUT2D eigenvalue weighted by atomic mass is 79.9. The summed E-state index contributed by atoms with van der Waals surface area (Å²) in [6.45, 7) is 2.60. The fourth-order valence-corrected chi connectivity index (χ4v) is 3.22. The first-order valence-electron chi connectivity index (χ1n) is 7.99. The molecule has 4 nitrogen and oxygen atoms in total. The molecule has 1 aliphatic rings. The SMILES string of the molecule is CCOC(CBr)O[C@H]1CCCC=C1c1cccc(OC)c1OC. The molecule has 0 spiro atoms.